The molecule has 0 radical (unpaired) electrons. The Hall–Kier alpha value is -0.160. The Morgan fingerprint density at radius 3 is 2.39 bits per heavy atom. The van der Waals surface area contributed by atoms with Gasteiger partial charge in [-0.3, -0.25) is 0 Å². The van der Waals surface area contributed by atoms with Crippen molar-refractivity contribution in [3.8, 4) is 0 Å². The van der Waals surface area contributed by atoms with Crippen LogP contribution in [-0.2, 0) is 9.47 Å². The number of aliphatic hydroxyl groups is 2. The lowest BCUT2D eigenvalue weighted by Crippen LogP contribution is -2.48. The van der Waals surface area contributed by atoms with Crippen molar-refractivity contribution >= 4 is 0 Å². The number of ether oxygens (including phenoxy) is 2. The summed E-state index contributed by atoms with van der Waals surface area (Å²) in [6.07, 6.45) is 5.30. The molecule has 2 aliphatic rings. The van der Waals surface area contributed by atoms with Crippen LogP contribution in [0, 0.1) is 5.92 Å². The largest absolute Gasteiger partial charge is 0.393 e. The molecule has 0 aromatic rings. The average molecular weight is 258 g/mol. The lowest BCUT2D eigenvalue weighted by Gasteiger charge is -2.39. The highest BCUT2D eigenvalue weighted by Crippen LogP contribution is 2.31. The molecule has 18 heavy (non-hydrogen) atoms. The zero-order valence-corrected chi connectivity index (χ0v) is 11.5. The Morgan fingerprint density at radius 2 is 1.72 bits per heavy atom. The van der Waals surface area contributed by atoms with Crippen LogP contribution in [0.4, 0.5) is 0 Å². The minimum atomic E-state index is -0.577. The zero-order valence-electron chi connectivity index (χ0n) is 11.5. The SMILES string of the molecule is CC1(C)OCC(O)C(CCC2CCC(O)CC2)O1. The van der Waals surface area contributed by atoms with Gasteiger partial charge in [-0.05, 0) is 58.3 Å². The van der Waals surface area contributed by atoms with Crippen LogP contribution in [0.5, 0.6) is 0 Å². The smallest absolute Gasteiger partial charge is 0.163 e. The highest BCUT2D eigenvalue weighted by molar-refractivity contribution is 4.79. The first-order valence-electron chi connectivity index (χ1n) is 7.14. The fourth-order valence-corrected chi connectivity index (χ4v) is 2.96. The van der Waals surface area contributed by atoms with E-state index in [4.69, 9.17) is 9.47 Å². The molecule has 0 aromatic heterocycles. The molecule has 0 aromatic carbocycles. The van der Waals surface area contributed by atoms with Crippen LogP contribution in [-0.4, -0.2) is 40.9 Å². The van der Waals surface area contributed by atoms with Crippen LogP contribution in [0.3, 0.4) is 0 Å². The minimum absolute atomic E-state index is 0.0925. The van der Waals surface area contributed by atoms with Gasteiger partial charge in [0.1, 0.15) is 6.10 Å². The topological polar surface area (TPSA) is 58.9 Å². The Kier molecular flexibility index (Phi) is 4.64. The van der Waals surface area contributed by atoms with Gasteiger partial charge in [0.15, 0.2) is 5.79 Å². The summed E-state index contributed by atoms with van der Waals surface area (Å²) >= 11 is 0. The number of aliphatic hydroxyl groups excluding tert-OH is 2. The van der Waals surface area contributed by atoms with Gasteiger partial charge in [0.05, 0.1) is 18.8 Å². The predicted octanol–water partition coefficient (Wildman–Crippen LogP) is 1.83. The molecular formula is C14H26O4. The highest BCUT2D eigenvalue weighted by atomic mass is 16.7. The fraction of sp³-hybridized carbons (Fsp3) is 1.00. The Bertz CT molecular complexity index is 259. The van der Waals surface area contributed by atoms with Crippen molar-refractivity contribution in [2.75, 3.05) is 6.61 Å². The van der Waals surface area contributed by atoms with Gasteiger partial charge >= 0.3 is 0 Å². The van der Waals surface area contributed by atoms with E-state index in [9.17, 15) is 10.2 Å². The van der Waals surface area contributed by atoms with Crippen molar-refractivity contribution in [1.29, 1.82) is 0 Å². The maximum absolute atomic E-state index is 9.88. The summed E-state index contributed by atoms with van der Waals surface area (Å²) in [7, 11) is 0. The molecule has 1 saturated heterocycles. The molecule has 4 nitrogen and oxygen atoms in total. The molecule has 2 unspecified atom stereocenters. The van der Waals surface area contributed by atoms with Gasteiger partial charge in [-0.15, -0.1) is 0 Å². The first-order valence-corrected chi connectivity index (χ1v) is 7.14. The maximum atomic E-state index is 9.88. The molecule has 2 rings (SSSR count). The summed E-state index contributed by atoms with van der Waals surface area (Å²) in [5, 5.41) is 19.4. The van der Waals surface area contributed by atoms with E-state index in [0.717, 1.165) is 38.5 Å². The standard InChI is InChI=1S/C14H26O4/c1-14(2)17-9-12(16)13(18-14)8-5-10-3-6-11(15)7-4-10/h10-13,15-16H,3-9H2,1-2H3. The zero-order chi connectivity index (χ0) is 13.2. The van der Waals surface area contributed by atoms with E-state index in [2.05, 4.69) is 0 Å². The van der Waals surface area contributed by atoms with Crippen molar-refractivity contribution in [2.24, 2.45) is 5.92 Å². The summed E-state index contributed by atoms with van der Waals surface area (Å²) in [4.78, 5) is 0. The normalized spacial score (nSPS) is 40.7. The number of hydrogen-bond acceptors (Lipinski definition) is 4. The molecule has 0 spiro atoms. The summed E-state index contributed by atoms with van der Waals surface area (Å²) in [5.41, 5.74) is 0. The minimum Gasteiger partial charge on any atom is -0.393 e. The van der Waals surface area contributed by atoms with Gasteiger partial charge in [0.25, 0.3) is 0 Å². The van der Waals surface area contributed by atoms with Gasteiger partial charge in [-0.25, -0.2) is 0 Å². The van der Waals surface area contributed by atoms with Crippen LogP contribution < -0.4 is 0 Å². The van der Waals surface area contributed by atoms with Crippen molar-refractivity contribution in [1.82, 2.24) is 0 Å². The molecule has 1 aliphatic heterocycles. The summed E-state index contributed by atoms with van der Waals surface area (Å²) < 4.78 is 11.2. The number of rotatable bonds is 3. The molecule has 4 heteroatoms. The van der Waals surface area contributed by atoms with Crippen LogP contribution >= 0.6 is 0 Å². The van der Waals surface area contributed by atoms with E-state index in [1.165, 1.54) is 0 Å². The third-order valence-corrected chi connectivity index (χ3v) is 4.14. The highest BCUT2D eigenvalue weighted by Gasteiger charge is 2.35. The van der Waals surface area contributed by atoms with Gasteiger partial charge < -0.3 is 19.7 Å². The van der Waals surface area contributed by atoms with Crippen molar-refractivity contribution in [2.45, 2.75) is 76.5 Å². The number of hydrogen-bond donors (Lipinski definition) is 2. The van der Waals surface area contributed by atoms with Crippen LogP contribution in [0.2, 0.25) is 0 Å². The summed E-state index contributed by atoms with van der Waals surface area (Å²) in [6.45, 7) is 4.15. The third kappa shape index (κ3) is 3.92. The lowest BCUT2D eigenvalue weighted by molar-refractivity contribution is -0.305. The monoisotopic (exact) mass is 258 g/mol. The van der Waals surface area contributed by atoms with E-state index < -0.39 is 11.9 Å². The van der Waals surface area contributed by atoms with E-state index in [1.807, 2.05) is 13.8 Å². The maximum Gasteiger partial charge on any atom is 0.163 e. The molecule has 1 heterocycles. The van der Waals surface area contributed by atoms with Crippen molar-refractivity contribution in [3.05, 3.63) is 0 Å². The molecule has 2 atom stereocenters. The van der Waals surface area contributed by atoms with Crippen LogP contribution in [0.1, 0.15) is 52.4 Å². The Labute approximate surface area is 109 Å². The second kappa shape index (κ2) is 5.87. The molecule has 106 valence electrons. The van der Waals surface area contributed by atoms with E-state index in [1.54, 1.807) is 0 Å². The summed E-state index contributed by atoms with van der Waals surface area (Å²) in [5.74, 6) is 0.0993. The summed E-state index contributed by atoms with van der Waals surface area (Å²) in [6, 6.07) is 0. The van der Waals surface area contributed by atoms with Crippen LogP contribution in [0.15, 0.2) is 0 Å². The second-order valence-corrected chi connectivity index (χ2v) is 6.19. The second-order valence-electron chi connectivity index (χ2n) is 6.19. The van der Waals surface area contributed by atoms with Gasteiger partial charge in [-0.2, -0.15) is 0 Å². The van der Waals surface area contributed by atoms with E-state index >= 15 is 0 Å². The fourth-order valence-electron chi connectivity index (χ4n) is 2.96. The van der Waals surface area contributed by atoms with Crippen LogP contribution in [0.25, 0.3) is 0 Å². The lowest BCUT2D eigenvalue weighted by atomic mass is 9.83. The first-order chi connectivity index (χ1) is 8.46. The molecule has 0 bridgehead atoms. The quantitative estimate of drug-likeness (QED) is 0.811. The van der Waals surface area contributed by atoms with Gasteiger partial charge in [0, 0.05) is 0 Å². The molecule has 1 saturated carbocycles. The van der Waals surface area contributed by atoms with Gasteiger partial charge in [-0.1, -0.05) is 0 Å². The molecule has 0 amide bonds. The van der Waals surface area contributed by atoms with Crippen molar-refractivity contribution in [3.63, 3.8) is 0 Å². The van der Waals surface area contributed by atoms with E-state index in [-0.39, 0.29) is 12.2 Å². The van der Waals surface area contributed by atoms with Crippen molar-refractivity contribution < 1.29 is 19.7 Å². The molecule has 1 aliphatic carbocycles. The Balaban J connectivity index is 1.75. The van der Waals surface area contributed by atoms with Gasteiger partial charge in [0.2, 0.25) is 0 Å². The molecule has 2 N–H and O–H groups in total. The predicted molar refractivity (Wildman–Crippen MR) is 68.1 cm³/mol. The first kappa shape index (κ1) is 14.3. The third-order valence-electron chi connectivity index (χ3n) is 4.14. The average Bonchev–Trinajstić information content (AvgIpc) is 2.32. The molecule has 2 fully saturated rings. The molecular weight excluding hydrogens is 232 g/mol. The van der Waals surface area contributed by atoms with E-state index in [0.29, 0.717) is 12.5 Å². The Morgan fingerprint density at radius 1 is 1.06 bits per heavy atom.